The number of ether oxygens (including phenoxy) is 2. The van der Waals surface area contributed by atoms with Crippen molar-refractivity contribution in [2.75, 3.05) is 11.9 Å². The normalized spacial score (nSPS) is 13.4. The fraction of sp³-hybridized carbons (Fsp3) is 0.400. The first-order chi connectivity index (χ1) is 20.8. The number of carbonyl (C=O) groups excluding carboxylic acids is 2. The van der Waals surface area contributed by atoms with Crippen molar-refractivity contribution < 1.29 is 37.3 Å². The monoisotopic (exact) mass is 618 g/mol. The lowest BCUT2D eigenvalue weighted by atomic mass is 10.1. The molecule has 0 radical (unpaired) electrons. The summed E-state index contributed by atoms with van der Waals surface area (Å²) in [6, 6.07) is 12.8. The number of alkyl halides is 2. The fourth-order valence-corrected chi connectivity index (χ4v) is 4.13. The van der Waals surface area contributed by atoms with Gasteiger partial charge in [-0.25, -0.2) is 4.68 Å². The molecule has 3 aromatic rings. The van der Waals surface area contributed by atoms with Gasteiger partial charge in [-0.05, 0) is 68.8 Å². The van der Waals surface area contributed by atoms with Crippen molar-refractivity contribution in [2.45, 2.75) is 71.3 Å². The lowest BCUT2D eigenvalue weighted by Crippen LogP contribution is -2.35. The Bertz CT molecular complexity index is 1480. The van der Waals surface area contributed by atoms with Gasteiger partial charge >= 0.3 is 6.55 Å². The molecule has 0 bridgehead atoms. The Hall–Kier alpha value is -4.59. The second kappa shape index (κ2) is 15.2. The van der Waals surface area contributed by atoms with Crippen molar-refractivity contribution >= 4 is 34.3 Å². The van der Waals surface area contributed by atoms with Crippen LogP contribution >= 0.6 is 0 Å². The third kappa shape index (κ3) is 9.20. The summed E-state index contributed by atoms with van der Waals surface area (Å²) in [5, 5.41) is 18.0. The molecule has 0 aliphatic carbocycles. The number of anilines is 1. The summed E-state index contributed by atoms with van der Waals surface area (Å²) in [6.07, 6.45) is 2.12. The fourth-order valence-electron chi connectivity index (χ4n) is 4.13. The van der Waals surface area contributed by atoms with E-state index in [1.54, 1.807) is 31.2 Å². The highest BCUT2D eigenvalue weighted by molar-refractivity contribution is 6.17. The Morgan fingerprint density at radius 2 is 1.86 bits per heavy atom. The molecule has 2 aromatic carbocycles. The number of primary amides is 1. The molecule has 2 amide bonds. The third-order valence-corrected chi connectivity index (χ3v) is 6.61. The number of aromatic nitrogens is 2. The molecule has 0 spiro atoms. The van der Waals surface area contributed by atoms with E-state index < -0.39 is 36.0 Å². The number of hydrogen-bond donors (Lipinski definition) is 4. The Kier molecular flexibility index (Phi) is 11.7. The zero-order valence-electron chi connectivity index (χ0n) is 24.9. The van der Waals surface area contributed by atoms with Crippen LogP contribution in [0.15, 0.2) is 60.3 Å². The highest BCUT2D eigenvalue weighted by Gasteiger charge is 2.25. The molecule has 0 aliphatic rings. The SMILES string of the molecule is CC[C@@H](CC[C@H](C)OC(=N)/C(=C\Nc1ccccc1)C(N)=O)NC(=O)c1nn(C(F)F)c2cc(OCC(C)(C)OF)ccc12. The number of para-hydroxylation sites is 1. The molecule has 3 rings (SSSR count). The van der Waals surface area contributed by atoms with Gasteiger partial charge in [0.2, 0.25) is 5.90 Å². The van der Waals surface area contributed by atoms with E-state index in [9.17, 15) is 22.9 Å². The molecular formula is C30H37F3N6O5. The molecule has 11 nitrogen and oxygen atoms in total. The van der Waals surface area contributed by atoms with Crippen LogP contribution in [-0.4, -0.2) is 51.8 Å². The van der Waals surface area contributed by atoms with E-state index in [4.69, 9.17) is 20.6 Å². The van der Waals surface area contributed by atoms with Crippen LogP contribution in [0.1, 0.15) is 64.0 Å². The largest absolute Gasteiger partial charge is 0.490 e. The molecule has 2 atom stereocenters. The van der Waals surface area contributed by atoms with Crippen LogP contribution in [0.4, 0.5) is 19.0 Å². The van der Waals surface area contributed by atoms with E-state index in [1.807, 2.05) is 13.0 Å². The van der Waals surface area contributed by atoms with Crippen LogP contribution < -0.4 is 21.1 Å². The average molecular weight is 619 g/mol. The molecule has 44 heavy (non-hydrogen) atoms. The van der Waals surface area contributed by atoms with Gasteiger partial charge in [-0.3, -0.25) is 15.0 Å². The molecule has 1 aromatic heterocycles. The minimum absolute atomic E-state index is 0.0322. The number of rotatable bonds is 16. The highest BCUT2D eigenvalue weighted by Crippen LogP contribution is 2.28. The van der Waals surface area contributed by atoms with Crippen LogP contribution in [-0.2, 0) is 14.5 Å². The molecule has 5 N–H and O–H groups in total. The lowest BCUT2D eigenvalue weighted by molar-refractivity contribution is -0.230. The Balaban J connectivity index is 1.64. The smallest absolute Gasteiger partial charge is 0.333 e. The molecule has 0 saturated heterocycles. The quantitative estimate of drug-likeness (QED) is 0.0920. The van der Waals surface area contributed by atoms with Gasteiger partial charge in [0.15, 0.2) is 5.69 Å². The maximum Gasteiger partial charge on any atom is 0.333 e. The molecular weight excluding hydrogens is 581 g/mol. The average Bonchev–Trinajstić information content (AvgIpc) is 3.38. The van der Waals surface area contributed by atoms with E-state index >= 15 is 0 Å². The second-order valence-corrected chi connectivity index (χ2v) is 10.7. The van der Waals surface area contributed by atoms with Gasteiger partial charge in [0.1, 0.15) is 23.5 Å². The minimum atomic E-state index is -3.03. The summed E-state index contributed by atoms with van der Waals surface area (Å²) in [6.45, 7) is 3.26. The van der Waals surface area contributed by atoms with Crippen LogP contribution in [0, 0.1) is 5.41 Å². The van der Waals surface area contributed by atoms with Crippen molar-refractivity contribution in [3.05, 3.63) is 66.0 Å². The Morgan fingerprint density at radius 1 is 1.16 bits per heavy atom. The summed E-state index contributed by atoms with van der Waals surface area (Å²) in [4.78, 5) is 28.9. The number of halogens is 3. The Labute approximate surface area is 252 Å². The summed E-state index contributed by atoms with van der Waals surface area (Å²) in [7, 11) is 0. The number of nitrogens with zero attached hydrogens (tertiary/aromatic N) is 2. The van der Waals surface area contributed by atoms with Gasteiger partial charge in [0.05, 0.1) is 11.6 Å². The number of carbonyl (C=O) groups is 2. The van der Waals surface area contributed by atoms with E-state index in [1.165, 1.54) is 38.2 Å². The van der Waals surface area contributed by atoms with Crippen molar-refractivity contribution in [1.29, 1.82) is 5.41 Å². The second-order valence-electron chi connectivity index (χ2n) is 10.7. The molecule has 0 saturated carbocycles. The number of nitrogens with two attached hydrogens (primary N) is 1. The van der Waals surface area contributed by atoms with Gasteiger partial charge in [-0.15, -0.1) is 0 Å². The summed E-state index contributed by atoms with van der Waals surface area (Å²) in [5.41, 5.74) is 4.52. The number of fused-ring (bicyclic) bond motifs is 1. The minimum Gasteiger partial charge on any atom is -0.490 e. The third-order valence-electron chi connectivity index (χ3n) is 6.61. The molecule has 238 valence electrons. The molecule has 0 fully saturated rings. The van der Waals surface area contributed by atoms with Gasteiger partial charge in [0, 0.05) is 29.4 Å². The maximum absolute atomic E-state index is 13.8. The first kappa shape index (κ1) is 33.9. The summed E-state index contributed by atoms with van der Waals surface area (Å²) < 4.78 is 51.8. The predicted molar refractivity (Wildman–Crippen MR) is 159 cm³/mol. The molecule has 14 heteroatoms. The van der Waals surface area contributed by atoms with Gasteiger partial charge < -0.3 is 25.8 Å². The van der Waals surface area contributed by atoms with Crippen LogP contribution in [0.25, 0.3) is 10.9 Å². The standard InChI is InChI=1S/C30H37F3N6O5/c1-5-19(12-11-18(2)43-27(35)23(26(34)40)16-36-20-9-7-6-8-10-20)37-28(41)25-22-14-13-21(42-17-30(3,4)44-33)15-24(22)39(38-25)29(31)32/h6-10,13-16,18-19,29,35-36H,5,11-12,17H2,1-4H3,(H2,34,40)(H,37,41)/b23-16-,35-27?/t18-,19-/m0/s1. The van der Waals surface area contributed by atoms with Crippen molar-refractivity contribution in [1.82, 2.24) is 15.1 Å². The summed E-state index contributed by atoms with van der Waals surface area (Å²) in [5.74, 6) is -1.71. The van der Waals surface area contributed by atoms with Gasteiger partial charge in [-0.1, -0.05) is 25.1 Å². The molecule has 1 heterocycles. The summed E-state index contributed by atoms with van der Waals surface area (Å²) >= 11 is 0. The van der Waals surface area contributed by atoms with Crippen LogP contribution in [0.2, 0.25) is 0 Å². The molecule has 0 aliphatic heterocycles. The number of nitrogens with one attached hydrogen (secondary N) is 3. The van der Waals surface area contributed by atoms with Gasteiger partial charge in [0.25, 0.3) is 11.8 Å². The number of benzene rings is 2. The Morgan fingerprint density at radius 3 is 2.48 bits per heavy atom. The van der Waals surface area contributed by atoms with Crippen molar-refractivity contribution in [3.63, 3.8) is 0 Å². The van der Waals surface area contributed by atoms with E-state index in [0.29, 0.717) is 29.6 Å². The number of amides is 2. The van der Waals surface area contributed by atoms with Crippen molar-refractivity contribution in [2.24, 2.45) is 5.73 Å². The molecule has 0 unspecified atom stereocenters. The van der Waals surface area contributed by atoms with E-state index in [-0.39, 0.29) is 40.6 Å². The first-order valence-electron chi connectivity index (χ1n) is 14.0. The number of hydrogen-bond acceptors (Lipinski definition) is 8. The highest BCUT2D eigenvalue weighted by atomic mass is 19.3. The topological polar surface area (TPSA) is 154 Å². The zero-order chi connectivity index (χ0) is 32.4. The van der Waals surface area contributed by atoms with Gasteiger partial charge in [-0.2, -0.15) is 18.8 Å². The maximum atomic E-state index is 13.8. The first-order valence-corrected chi connectivity index (χ1v) is 14.0. The zero-order valence-corrected chi connectivity index (χ0v) is 24.9. The van der Waals surface area contributed by atoms with Crippen LogP contribution in [0.5, 0.6) is 5.75 Å². The predicted octanol–water partition coefficient (Wildman–Crippen LogP) is 5.64. The van der Waals surface area contributed by atoms with Crippen LogP contribution in [0.3, 0.4) is 0 Å². The van der Waals surface area contributed by atoms with E-state index in [2.05, 4.69) is 20.7 Å². The van der Waals surface area contributed by atoms with E-state index in [0.717, 1.165) is 0 Å². The lowest BCUT2D eigenvalue weighted by Gasteiger charge is -2.20. The van der Waals surface area contributed by atoms with Crippen molar-refractivity contribution in [3.8, 4) is 5.75 Å².